The van der Waals surface area contributed by atoms with Gasteiger partial charge >= 0.3 is 0 Å². The number of hydrogen-bond donors (Lipinski definition) is 2. The first-order valence-electron chi connectivity index (χ1n) is 8.91. The normalized spacial score (nSPS) is 13.8. The van der Waals surface area contributed by atoms with E-state index in [0.29, 0.717) is 12.5 Å². The van der Waals surface area contributed by atoms with E-state index in [2.05, 4.69) is 51.7 Å². The van der Waals surface area contributed by atoms with Crippen LogP contribution in [0.2, 0.25) is 0 Å². The third kappa shape index (κ3) is 8.07. The second-order valence-electron chi connectivity index (χ2n) is 6.45. The Bertz CT molecular complexity index is 555. The van der Waals surface area contributed by atoms with E-state index in [1.165, 1.54) is 11.1 Å². The number of guanidine groups is 1. The van der Waals surface area contributed by atoms with Crippen LogP contribution in [0, 0.1) is 0 Å². The molecule has 0 aromatic heterocycles. The number of carbonyl (C=O) groups is 1. The average Bonchev–Trinajstić information content (AvgIpc) is 3.39. The number of nitrogens with one attached hydrogen (secondary N) is 2. The second kappa shape index (κ2) is 11.3. The van der Waals surface area contributed by atoms with E-state index in [9.17, 15) is 4.79 Å². The first-order chi connectivity index (χ1) is 11.6. The monoisotopic (exact) mass is 458 g/mol. The molecular formula is C19H31IN4O. The number of carbonyl (C=O) groups excluding carboxylic acids is 1. The van der Waals surface area contributed by atoms with Gasteiger partial charge in [0.05, 0.1) is 0 Å². The summed E-state index contributed by atoms with van der Waals surface area (Å²) in [5.41, 5.74) is 2.62. The molecule has 25 heavy (non-hydrogen) atoms. The van der Waals surface area contributed by atoms with Gasteiger partial charge in [-0.25, -0.2) is 0 Å². The van der Waals surface area contributed by atoms with Gasteiger partial charge in [-0.1, -0.05) is 31.2 Å². The molecule has 0 saturated heterocycles. The van der Waals surface area contributed by atoms with E-state index < -0.39 is 0 Å². The van der Waals surface area contributed by atoms with Crippen molar-refractivity contribution in [1.29, 1.82) is 0 Å². The number of aryl methyl sites for hydroxylation is 1. The zero-order valence-corrected chi connectivity index (χ0v) is 17.9. The zero-order chi connectivity index (χ0) is 17.4. The van der Waals surface area contributed by atoms with Crippen LogP contribution in [-0.2, 0) is 17.8 Å². The van der Waals surface area contributed by atoms with Crippen molar-refractivity contribution in [3.63, 3.8) is 0 Å². The number of amides is 1. The van der Waals surface area contributed by atoms with Crippen molar-refractivity contribution in [3.8, 4) is 0 Å². The molecule has 5 nitrogen and oxygen atoms in total. The van der Waals surface area contributed by atoms with Crippen molar-refractivity contribution in [1.82, 2.24) is 15.5 Å². The Kier molecular flexibility index (Phi) is 9.85. The van der Waals surface area contributed by atoms with Crippen LogP contribution in [-0.4, -0.2) is 43.4 Å². The van der Waals surface area contributed by atoms with Crippen LogP contribution in [0.5, 0.6) is 0 Å². The fraction of sp³-hybridized carbons (Fsp3) is 0.579. The first kappa shape index (κ1) is 21.7. The second-order valence-corrected chi connectivity index (χ2v) is 6.45. The van der Waals surface area contributed by atoms with Crippen molar-refractivity contribution in [2.45, 2.75) is 51.6 Å². The van der Waals surface area contributed by atoms with Crippen molar-refractivity contribution in [3.05, 3.63) is 35.4 Å². The van der Waals surface area contributed by atoms with Gasteiger partial charge in [-0.3, -0.25) is 9.79 Å². The van der Waals surface area contributed by atoms with Crippen molar-refractivity contribution < 1.29 is 4.79 Å². The van der Waals surface area contributed by atoms with E-state index in [1.807, 2.05) is 7.05 Å². The van der Waals surface area contributed by atoms with Crippen LogP contribution in [0.15, 0.2) is 29.3 Å². The molecule has 2 N–H and O–H groups in total. The minimum atomic E-state index is 0. The summed E-state index contributed by atoms with van der Waals surface area (Å²) >= 11 is 0. The Hall–Kier alpha value is -1.31. The number of halogens is 1. The highest BCUT2D eigenvalue weighted by molar-refractivity contribution is 14.0. The van der Waals surface area contributed by atoms with Crippen molar-refractivity contribution in [2.24, 2.45) is 4.99 Å². The quantitative estimate of drug-likeness (QED) is 0.273. The van der Waals surface area contributed by atoms with E-state index in [4.69, 9.17) is 0 Å². The summed E-state index contributed by atoms with van der Waals surface area (Å²) in [4.78, 5) is 18.1. The smallest absolute Gasteiger partial charge is 0.220 e. The molecular weight excluding hydrogens is 427 g/mol. The topological polar surface area (TPSA) is 56.7 Å². The Morgan fingerprint density at radius 2 is 1.88 bits per heavy atom. The van der Waals surface area contributed by atoms with Gasteiger partial charge in [0.1, 0.15) is 0 Å². The van der Waals surface area contributed by atoms with E-state index in [1.54, 1.807) is 7.05 Å². The van der Waals surface area contributed by atoms with Crippen molar-refractivity contribution >= 4 is 35.8 Å². The van der Waals surface area contributed by atoms with Crippen LogP contribution >= 0.6 is 24.0 Å². The van der Waals surface area contributed by atoms with Crippen molar-refractivity contribution in [2.75, 3.05) is 20.6 Å². The summed E-state index contributed by atoms with van der Waals surface area (Å²) in [5.74, 6) is 1.02. The Balaban J connectivity index is 0.00000312. The molecule has 2 rings (SSSR count). The van der Waals surface area contributed by atoms with Gasteiger partial charge in [0.25, 0.3) is 0 Å². The van der Waals surface area contributed by atoms with Gasteiger partial charge in [-0.15, -0.1) is 24.0 Å². The summed E-state index contributed by atoms with van der Waals surface area (Å²) in [6.07, 6.45) is 4.73. The summed E-state index contributed by atoms with van der Waals surface area (Å²) in [5, 5.41) is 6.35. The molecule has 0 unspecified atom stereocenters. The maximum Gasteiger partial charge on any atom is 0.220 e. The lowest BCUT2D eigenvalue weighted by molar-refractivity contribution is -0.121. The molecule has 0 atom stereocenters. The molecule has 0 bridgehead atoms. The standard InChI is InChI=1S/C19H30N4O.HI/c1-4-15-7-9-16(10-8-15)14-23(3)19(20-2)21-13-5-6-18(24)22-17-11-12-17;/h7-10,17H,4-6,11-14H2,1-3H3,(H,20,21)(H,22,24);1H. The highest BCUT2D eigenvalue weighted by Crippen LogP contribution is 2.18. The summed E-state index contributed by atoms with van der Waals surface area (Å²) < 4.78 is 0. The Labute approximate surface area is 168 Å². The molecule has 1 amide bonds. The van der Waals surface area contributed by atoms with Crippen LogP contribution < -0.4 is 10.6 Å². The molecule has 1 aromatic carbocycles. The number of nitrogens with zero attached hydrogens (tertiary/aromatic N) is 2. The lowest BCUT2D eigenvalue weighted by Crippen LogP contribution is -2.39. The van der Waals surface area contributed by atoms with Crippen LogP contribution in [0.25, 0.3) is 0 Å². The Morgan fingerprint density at radius 1 is 1.24 bits per heavy atom. The SMILES string of the molecule is CCc1ccc(CN(C)C(=NC)NCCCC(=O)NC2CC2)cc1.I. The number of aliphatic imine (C=N–C) groups is 1. The minimum absolute atomic E-state index is 0. The number of rotatable bonds is 8. The van der Waals surface area contributed by atoms with Gasteiger partial charge in [0, 0.05) is 39.6 Å². The molecule has 1 saturated carbocycles. The van der Waals surface area contributed by atoms with Crippen LogP contribution in [0.3, 0.4) is 0 Å². The first-order valence-corrected chi connectivity index (χ1v) is 8.91. The molecule has 1 aliphatic carbocycles. The highest BCUT2D eigenvalue weighted by atomic mass is 127. The molecule has 0 heterocycles. The zero-order valence-electron chi connectivity index (χ0n) is 15.5. The summed E-state index contributed by atoms with van der Waals surface area (Å²) in [6, 6.07) is 9.15. The predicted molar refractivity (Wildman–Crippen MR) is 114 cm³/mol. The molecule has 0 radical (unpaired) electrons. The molecule has 6 heteroatoms. The van der Waals surface area contributed by atoms with Gasteiger partial charge in [-0.2, -0.15) is 0 Å². The molecule has 0 aliphatic heterocycles. The number of benzene rings is 1. The van der Waals surface area contributed by atoms with Gasteiger partial charge in [-0.05, 0) is 36.8 Å². The van der Waals surface area contributed by atoms with E-state index in [-0.39, 0.29) is 29.9 Å². The minimum Gasteiger partial charge on any atom is -0.356 e. The maximum absolute atomic E-state index is 11.7. The van der Waals surface area contributed by atoms with Gasteiger partial charge in [0.2, 0.25) is 5.91 Å². The van der Waals surface area contributed by atoms with E-state index >= 15 is 0 Å². The Morgan fingerprint density at radius 3 is 2.44 bits per heavy atom. The van der Waals surface area contributed by atoms with E-state index in [0.717, 1.165) is 44.7 Å². The van der Waals surface area contributed by atoms with Crippen LogP contribution in [0.1, 0.15) is 43.7 Å². The largest absolute Gasteiger partial charge is 0.356 e. The highest BCUT2D eigenvalue weighted by Gasteiger charge is 2.22. The lowest BCUT2D eigenvalue weighted by Gasteiger charge is -2.22. The van der Waals surface area contributed by atoms with Gasteiger partial charge in [0.15, 0.2) is 5.96 Å². The predicted octanol–water partition coefficient (Wildman–Crippen LogP) is 2.93. The lowest BCUT2D eigenvalue weighted by atomic mass is 10.1. The summed E-state index contributed by atoms with van der Waals surface area (Å²) in [6.45, 7) is 3.73. The molecule has 140 valence electrons. The average molecular weight is 458 g/mol. The molecule has 0 spiro atoms. The summed E-state index contributed by atoms with van der Waals surface area (Å²) in [7, 11) is 3.82. The third-order valence-corrected chi connectivity index (χ3v) is 4.23. The van der Waals surface area contributed by atoms with Gasteiger partial charge < -0.3 is 15.5 Å². The third-order valence-electron chi connectivity index (χ3n) is 4.23. The fourth-order valence-electron chi connectivity index (χ4n) is 2.59. The molecule has 1 fully saturated rings. The molecule has 1 aromatic rings. The fourth-order valence-corrected chi connectivity index (χ4v) is 2.59. The number of hydrogen-bond acceptors (Lipinski definition) is 2. The molecule has 1 aliphatic rings. The maximum atomic E-state index is 11.7. The van der Waals surface area contributed by atoms with Crippen LogP contribution in [0.4, 0.5) is 0 Å².